The van der Waals surface area contributed by atoms with E-state index in [0.717, 1.165) is 60.6 Å². The molecule has 0 aromatic heterocycles. The Morgan fingerprint density at radius 1 is 0.378 bits per heavy atom. The number of ether oxygens (including phenoxy) is 1. The molecule has 4 aliphatic rings. The third-order valence-corrected chi connectivity index (χ3v) is 13.5. The van der Waals surface area contributed by atoms with Crippen molar-refractivity contribution < 1.29 is 4.74 Å². The summed E-state index contributed by atoms with van der Waals surface area (Å²) in [6, 6.07) is 0. The van der Waals surface area contributed by atoms with Crippen molar-refractivity contribution in [3.63, 3.8) is 0 Å². The van der Waals surface area contributed by atoms with Crippen molar-refractivity contribution >= 4 is 0 Å². The molecule has 0 unspecified atom stereocenters. The summed E-state index contributed by atoms with van der Waals surface area (Å²) < 4.78 is 5.92. The van der Waals surface area contributed by atoms with Crippen LogP contribution in [0, 0.1) is 47.3 Å². The highest BCUT2D eigenvalue weighted by molar-refractivity contribution is 4.90. The van der Waals surface area contributed by atoms with E-state index in [1.165, 1.54) is 154 Å². The van der Waals surface area contributed by atoms with Gasteiger partial charge in [-0.1, -0.05) is 128 Å². The van der Waals surface area contributed by atoms with Crippen molar-refractivity contribution in [1.82, 2.24) is 0 Å². The van der Waals surface area contributed by atoms with Crippen molar-refractivity contribution in [2.75, 3.05) is 13.2 Å². The van der Waals surface area contributed by atoms with Crippen molar-refractivity contribution in [3.05, 3.63) is 24.3 Å². The average Bonchev–Trinajstić information content (AvgIpc) is 3.09. The SMILES string of the molecule is CCCCCCC1CCC(C2CCC(CC=CCOCC=CCC3CCC(C4CCC(CCCCCC)CC4)CC3)CC2)CC1. The topological polar surface area (TPSA) is 9.23 Å². The van der Waals surface area contributed by atoms with Gasteiger partial charge in [-0.15, -0.1) is 0 Å². The van der Waals surface area contributed by atoms with Crippen LogP contribution in [0.25, 0.3) is 0 Å². The lowest BCUT2D eigenvalue weighted by atomic mass is 9.68. The highest BCUT2D eigenvalue weighted by atomic mass is 16.5. The molecule has 1 heteroatoms. The summed E-state index contributed by atoms with van der Waals surface area (Å²) in [7, 11) is 0. The highest BCUT2D eigenvalue weighted by Gasteiger charge is 2.31. The lowest BCUT2D eigenvalue weighted by molar-refractivity contribution is 0.143. The van der Waals surface area contributed by atoms with Crippen LogP contribution in [0.1, 0.15) is 194 Å². The van der Waals surface area contributed by atoms with E-state index in [1.54, 1.807) is 25.7 Å². The Morgan fingerprint density at radius 2 is 0.711 bits per heavy atom. The Kier molecular flexibility index (Phi) is 19.0. The van der Waals surface area contributed by atoms with E-state index < -0.39 is 0 Å². The molecule has 0 N–H and O–H groups in total. The molecule has 0 atom stereocenters. The van der Waals surface area contributed by atoms with E-state index in [9.17, 15) is 0 Å². The van der Waals surface area contributed by atoms with Gasteiger partial charge in [0.05, 0.1) is 13.2 Å². The van der Waals surface area contributed by atoms with Gasteiger partial charge in [-0.2, -0.15) is 0 Å². The molecular weight excluding hydrogens is 544 g/mol. The van der Waals surface area contributed by atoms with E-state index in [0.29, 0.717) is 0 Å². The van der Waals surface area contributed by atoms with Crippen LogP contribution in [-0.2, 0) is 4.74 Å². The lowest BCUT2D eigenvalue weighted by Crippen LogP contribution is -2.25. The number of rotatable bonds is 20. The molecule has 260 valence electrons. The number of hydrogen-bond acceptors (Lipinski definition) is 1. The largest absolute Gasteiger partial charge is 0.373 e. The Balaban J connectivity index is 0.945. The normalized spacial score (nSPS) is 33.3. The minimum absolute atomic E-state index is 0.785. The number of allylic oxidation sites excluding steroid dienone is 2. The summed E-state index contributed by atoms with van der Waals surface area (Å²) in [5.41, 5.74) is 0. The summed E-state index contributed by atoms with van der Waals surface area (Å²) in [4.78, 5) is 0. The molecule has 0 saturated heterocycles. The Labute approximate surface area is 282 Å². The maximum Gasteiger partial charge on any atom is 0.0651 e. The molecule has 0 aromatic rings. The molecule has 4 aliphatic carbocycles. The minimum atomic E-state index is 0.785. The monoisotopic (exact) mass is 623 g/mol. The van der Waals surface area contributed by atoms with Gasteiger partial charge in [0.25, 0.3) is 0 Å². The van der Waals surface area contributed by atoms with Crippen molar-refractivity contribution in [2.45, 2.75) is 194 Å². The number of hydrogen-bond donors (Lipinski definition) is 0. The maximum absolute atomic E-state index is 5.92. The first-order valence-corrected chi connectivity index (χ1v) is 21.1. The Bertz CT molecular complexity index is 686. The van der Waals surface area contributed by atoms with E-state index in [-0.39, 0.29) is 0 Å². The Hall–Kier alpha value is -0.560. The average molecular weight is 623 g/mol. The fourth-order valence-corrected chi connectivity index (χ4v) is 10.3. The van der Waals surface area contributed by atoms with Gasteiger partial charge in [-0.25, -0.2) is 0 Å². The van der Waals surface area contributed by atoms with Crippen molar-refractivity contribution in [3.8, 4) is 0 Å². The summed E-state index contributed by atoms with van der Waals surface area (Å²) in [5, 5.41) is 0. The van der Waals surface area contributed by atoms with Crippen LogP contribution < -0.4 is 0 Å². The van der Waals surface area contributed by atoms with E-state index >= 15 is 0 Å². The molecule has 1 nitrogen and oxygen atoms in total. The number of unbranched alkanes of at least 4 members (excludes halogenated alkanes) is 6. The van der Waals surface area contributed by atoms with Gasteiger partial charge < -0.3 is 4.74 Å². The smallest absolute Gasteiger partial charge is 0.0651 e. The van der Waals surface area contributed by atoms with Crippen LogP contribution in [0.4, 0.5) is 0 Å². The van der Waals surface area contributed by atoms with Crippen molar-refractivity contribution in [2.24, 2.45) is 47.3 Å². The molecule has 4 saturated carbocycles. The molecule has 0 aromatic carbocycles. The van der Waals surface area contributed by atoms with Gasteiger partial charge in [-0.3, -0.25) is 0 Å². The van der Waals surface area contributed by atoms with E-state index in [4.69, 9.17) is 4.74 Å². The maximum atomic E-state index is 5.92. The molecule has 0 radical (unpaired) electrons. The van der Waals surface area contributed by atoms with Crippen LogP contribution in [-0.4, -0.2) is 13.2 Å². The molecule has 0 spiro atoms. The van der Waals surface area contributed by atoms with Gasteiger partial charge in [0.15, 0.2) is 0 Å². The van der Waals surface area contributed by atoms with Gasteiger partial charge in [0.2, 0.25) is 0 Å². The van der Waals surface area contributed by atoms with Gasteiger partial charge in [0.1, 0.15) is 0 Å². The molecule has 0 bridgehead atoms. The van der Waals surface area contributed by atoms with Crippen LogP contribution in [0.2, 0.25) is 0 Å². The van der Waals surface area contributed by atoms with Gasteiger partial charge in [0, 0.05) is 0 Å². The van der Waals surface area contributed by atoms with E-state index in [1.807, 2.05) is 0 Å². The third-order valence-electron chi connectivity index (χ3n) is 13.5. The minimum Gasteiger partial charge on any atom is -0.373 e. The molecule has 0 aliphatic heterocycles. The first-order valence-electron chi connectivity index (χ1n) is 21.1. The molecule has 4 rings (SSSR count). The standard InChI is InChI=1S/C44H78O/c1-3-5-7-9-15-37-19-27-41(28-20-37)43-31-23-39(24-32-43)17-11-13-35-45-36-14-12-18-40-25-33-44(34-26-40)42-29-21-38(22-30-42)16-10-8-6-4-2/h11-14,37-44H,3-10,15-36H2,1-2H3. The molecule has 4 fully saturated rings. The predicted octanol–water partition coefficient (Wildman–Crippen LogP) is 14.1. The van der Waals surface area contributed by atoms with Crippen LogP contribution in [0.5, 0.6) is 0 Å². The molecule has 45 heavy (non-hydrogen) atoms. The zero-order valence-electron chi connectivity index (χ0n) is 30.5. The summed E-state index contributed by atoms with van der Waals surface area (Å²) in [6.07, 6.45) is 50.8. The van der Waals surface area contributed by atoms with Crippen molar-refractivity contribution in [1.29, 1.82) is 0 Å². The lowest BCUT2D eigenvalue weighted by Gasteiger charge is -2.38. The summed E-state index contributed by atoms with van der Waals surface area (Å²) >= 11 is 0. The van der Waals surface area contributed by atoms with Crippen LogP contribution in [0.3, 0.4) is 0 Å². The second-order valence-corrected chi connectivity index (χ2v) is 16.8. The fourth-order valence-electron chi connectivity index (χ4n) is 10.3. The summed E-state index contributed by atoms with van der Waals surface area (Å²) in [6.45, 7) is 6.23. The zero-order valence-corrected chi connectivity index (χ0v) is 30.5. The quantitative estimate of drug-likeness (QED) is 0.0969. The zero-order chi connectivity index (χ0) is 31.4. The predicted molar refractivity (Wildman–Crippen MR) is 198 cm³/mol. The second-order valence-electron chi connectivity index (χ2n) is 16.8. The summed E-state index contributed by atoms with van der Waals surface area (Å²) in [5.74, 6) is 8.19. The van der Waals surface area contributed by atoms with Crippen LogP contribution in [0.15, 0.2) is 24.3 Å². The second kappa shape index (κ2) is 22.9. The first kappa shape index (κ1) is 37.3. The molecule has 0 amide bonds. The molecule has 0 heterocycles. The van der Waals surface area contributed by atoms with Crippen LogP contribution >= 0.6 is 0 Å². The molecular formula is C44H78O. The highest BCUT2D eigenvalue weighted by Crippen LogP contribution is 2.44. The Morgan fingerprint density at radius 3 is 1.04 bits per heavy atom. The first-order chi connectivity index (χ1) is 22.2. The fraction of sp³-hybridized carbons (Fsp3) is 0.909. The van der Waals surface area contributed by atoms with Gasteiger partial charge in [-0.05, 0) is 137 Å². The van der Waals surface area contributed by atoms with Gasteiger partial charge >= 0.3 is 0 Å². The third kappa shape index (κ3) is 14.6. The van der Waals surface area contributed by atoms with E-state index in [2.05, 4.69) is 38.2 Å².